The lowest BCUT2D eigenvalue weighted by atomic mass is 9.99. The molecule has 0 unspecified atom stereocenters. The molecule has 0 radical (unpaired) electrons. The minimum Gasteiger partial charge on any atom is -0.488 e. The molecule has 1 aliphatic rings. The first kappa shape index (κ1) is 37.7. The second-order valence-corrected chi connectivity index (χ2v) is 14.7. The molecule has 4 rings (SSSR count). The molecule has 0 spiro atoms. The summed E-state index contributed by atoms with van der Waals surface area (Å²) in [5.41, 5.74) is -1.25. The number of nitrogens with zero attached hydrogens (tertiary/aromatic N) is 1. The number of aromatic nitrogens is 2. The summed E-state index contributed by atoms with van der Waals surface area (Å²) in [6.45, 7) is 7.14. The number of hydrogen-bond acceptors (Lipinski definition) is 12. The normalized spacial score (nSPS) is 15.6. The maximum atomic E-state index is 13.1. The minimum atomic E-state index is -4.17. The van der Waals surface area contributed by atoms with Crippen LogP contribution in [0.25, 0.3) is 0 Å². The summed E-state index contributed by atoms with van der Waals surface area (Å²) in [7, 11) is -4.17. The molecule has 50 heavy (non-hydrogen) atoms. The van der Waals surface area contributed by atoms with Gasteiger partial charge in [-0.1, -0.05) is 19.4 Å². The molecule has 0 aliphatic carbocycles. The fourth-order valence-electron chi connectivity index (χ4n) is 4.35. The van der Waals surface area contributed by atoms with E-state index in [2.05, 4.69) is 36.0 Å². The number of rotatable bonds is 15. The second kappa shape index (κ2) is 16.0. The summed E-state index contributed by atoms with van der Waals surface area (Å²) in [6, 6.07) is 4.59. The third-order valence-electron chi connectivity index (χ3n) is 6.93. The predicted octanol–water partition coefficient (Wildman–Crippen LogP) is 1.62. The molecule has 2 atom stereocenters. The molecule has 268 valence electrons. The number of carbonyl (C=O) groups excluding carboxylic acids is 4. The Morgan fingerprint density at radius 1 is 1.14 bits per heavy atom. The molecule has 19 heteroatoms. The highest BCUT2D eigenvalue weighted by Crippen LogP contribution is 2.18. The van der Waals surface area contributed by atoms with Crippen molar-refractivity contribution >= 4 is 56.0 Å². The number of H-pyrrole nitrogens is 1. The largest absolute Gasteiger partial charge is 0.488 e. The fourth-order valence-corrected chi connectivity index (χ4v) is 6.14. The first-order valence-corrected chi connectivity index (χ1v) is 17.8. The van der Waals surface area contributed by atoms with Crippen LogP contribution in [0.1, 0.15) is 62.3 Å². The van der Waals surface area contributed by atoms with Crippen molar-refractivity contribution in [1.29, 1.82) is 5.41 Å². The van der Waals surface area contributed by atoms with Gasteiger partial charge in [0.1, 0.15) is 23.0 Å². The lowest BCUT2D eigenvalue weighted by Gasteiger charge is -2.37. The third kappa shape index (κ3) is 10.2. The summed E-state index contributed by atoms with van der Waals surface area (Å²) in [4.78, 5) is 68.7. The second-order valence-electron chi connectivity index (χ2n) is 12.1. The van der Waals surface area contributed by atoms with E-state index < -0.39 is 57.2 Å². The zero-order valence-electron chi connectivity index (χ0n) is 27.7. The molecule has 1 fully saturated rings. The molecule has 3 aromatic rings. The molecule has 2 aromatic heterocycles. The highest BCUT2D eigenvalue weighted by molar-refractivity contribution is 7.89. The number of benzene rings is 1. The Morgan fingerprint density at radius 2 is 1.90 bits per heavy atom. The summed E-state index contributed by atoms with van der Waals surface area (Å²) < 4.78 is 39.1. The fraction of sp³-hybridized carbons (Fsp3) is 0.387. The molecule has 1 saturated heterocycles. The van der Waals surface area contributed by atoms with Gasteiger partial charge in [-0.05, 0) is 45.4 Å². The van der Waals surface area contributed by atoms with Gasteiger partial charge in [-0.15, -0.1) is 11.3 Å². The lowest BCUT2D eigenvalue weighted by Crippen LogP contribution is -2.72. The summed E-state index contributed by atoms with van der Waals surface area (Å²) in [6.07, 6.45) is 2.39. The van der Waals surface area contributed by atoms with Gasteiger partial charge in [0.05, 0.1) is 24.1 Å². The van der Waals surface area contributed by atoms with Crippen LogP contribution in [0.5, 0.6) is 5.75 Å². The summed E-state index contributed by atoms with van der Waals surface area (Å²) in [5.74, 6) is -1.94. The number of thiazole rings is 1. The Hall–Kier alpha value is -5.14. The van der Waals surface area contributed by atoms with Crippen molar-refractivity contribution in [3.8, 4) is 5.75 Å². The van der Waals surface area contributed by atoms with Crippen molar-refractivity contribution in [1.82, 2.24) is 30.6 Å². The van der Waals surface area contributed by atoms with Gasteiger partial charge in [0.25, 0.3) is 11.8 Å². The van der Waals surface area contributed by atoms with Crippen LogP contribution in [0.3, 0.4) is 0 Å². The van der Waals surface area contributed by atoms with E-state index in [1.807, 2.05) is 6.92 Å². The number of nitrogens with one attached hydrogen (secondary N) is 7. The molecule has 4 amide bonds. The number of carbonyl (C=O) groups is 4. The van der Waals surface area contributed by atoms with Gasteiger partial charge in [-0.2, -0.15) is 0 Å². The van der Waals surface area contributed by atoms with Crippen molar-refractivity contribution < 1.29 is 37.1 Å². The molecular weight excluding hydrogens is 693 g/mol. The zero-order valence-corrected chi connectivity index (χ0v) is 29.3. The number of aromatic amines is 1. The number of β-lactam (4-membered cyclic amide) rings is 1. The highest BCUT2D eigenvalue weighted by Gasteiger charge is 2.41. The Labute approximate surface area is 291 Å². The molecule has 0 saturated carbocycles. The van der Waals surface area contributed by atoms with Crippen molar-refractivity contribution in [2.24, 2.45) is 0 Å². The van der Waals surface area contributed by atoms with Crippen LogP contribution < -0.4 is 36.2 Å². The van der Waals surface area contributed by atoms with Gasteiger partial charge in [0.2, 0.25) is 21.4 Å². The molecule has 1 aromatic carbocycles. The maximum Gasteiger partial charge on any atom is 0.413 e. The topological polar surface area (TPSA) is 251 Å². The number of pyridine rings is 1. The van der Waals surface area contributed by atoms with E-state index in [0.717, 1.165) is 24.2 Å². The van der Waals surface area contributed by atoms with Gasteiger partial charge in [-0.25, -0.2) is 22.9 Å². The maximum absolute atomic E-state index is 13.1. The molecular formula is C31H38N8O9S2. The lowest BCUT2D eigenvalue weighted by molar-refractivity contribution is -0.134. The van der Waals surface area contributed by atoms with E-state index in [4.69, 9.17) is 14.9 Å². The van der Waals surface area contributed by atoms with Crippen molar-refractivity contribution in [3.05, 3.63) is 69.1 Å². The Kier molecular flexibility index (Phi) is 12.1. The highest BCUT2D eigenvalue weighted by atomic mass is 32.2. The van der Waals surface area contributed by atoms with Crippen LogP contribution in [0.2, 0.25) is 0 Å². The number of hydrogen-bond donors (Lipinski definition) is 7. The first-order valence-electron chi connectivity index (χ1n) is 15.4. The van der Waals surface area contributed by atoms with Gasteiger partial charge in [0, 0.05) is 35.4 Å². The molecule has 1 aliphatic heterocycles. The van der Waals surface area contributed by atoms with Crippen LogP contribution in [0.4, 0.5) is 9.93 Å². The monoisotopic (exact) mass is 730 g/mol. The number of unbranched alkanes of at least 4 members (excludes halogenated alkanes) is 1. The van der Waals surface area contributed by atoms with E-state index in [0.29, 0.717) is 12.3 Å². The number of sulfonamides is 1. The Balaban J connectivity index is 1.29. The van der Waals surface area contributed by atoms with Crippen LogP contribution in [0.15, 0.2) is 51.6 Å². The average Bonchev–Trinajstić information content (AvgIpc) is 3.52. The molecule has 0 bridgehead atoms. The molecule has 17 nitrogen and oxygen atoms in total. The van der Waals surface area contributed by atoms with E-state index in [1.165, 1.54) is 41.9 Å². The van der Waals surface area contributed by atoms with Crippen molar-refractivity contribution in [2.75, 3.05) is 18.5 Å². The van der Waals surface area contributed by atoms with Crippen molar-refractivity contribution in [2.45, 2.75) is 69.7 Å². The standard InChI is InChI=1S/C31H38N8O9S2/c1-5-6-10-47-23-15-33-18(12-22(23)40)13-34-26(41)17-8-7-9-19(11-17)50(45,46)35-14-20-25(28(43)36-20)38-27(42)24(32)21-16-49-29(37-21)39-30(44)48-31(2,3)4/h7-9,11-12,15-16,20,25,32,35H,5-6,10,13-14H2,1-4H3,(H,33,40)(H,34,41)(H,36,43)(H,38,42)(H,37,39,44)/t20-,25+/m1/s1. The van der Waals surface area contributed by atoms with Gasteiger partial charge >= 0.3 is 6.09 Å². The molecule has 7 N–H and O–H groups in total. The smallest absolute Gasteiger partial charge is 0.413 e. The number of amides is 4. The molecule has 3 heterocycles. The minimum absolute atomic E-state index is 0.0307. The van der Waals surface area contributed by atoms with E-state index in [9.17, 15) is 32.4 Å². The average molecular weight is 731 g/mol. The van der Waals surface area contributed by atoms with Crippen LogP contribution in [-0.4, -0.2) is 78.7 Å². The van der Waals surface area contributed by atoms with Crippen molar-refractivity contribution in [3.63, 3.8) is 0 Å². The van der Waals surface area contributed by atoms with Crippen LogP contribution in [0, 0.1) is 5.41 Å². The zero-order chi connectivity index (χ0) is 36.6. The number of ether oxygens (including phenoxy) is 2. The predicted molar refractivity (Wildman–Crippen MR) is 183 cm³/mol. The van der Waals surface area contributed by atoms with Gasteiger partial charge < -0.3 is 30.4 Å². The number of anilines is 1. The SMILES string of the molecule is CCCCOc1c[nH]c(CNC(=O)c2cccc(S(=O)(=O)NC[C@H]3NC(=O)[C@H]3NC(=O)C(=N)c3csc(NC(=O)OC(C)(C)C)n3)c2)cc1=O. The van der Waals surface area contributed by atoms with E-state index in [1.54, 1.807) is 20.8 Å². The first-order chi connectivity index (χ1) is 23.6. The van der Waals surface area contributed by atoms with Gasteiger partial charge in [0.15, 0.2) is 10.9 Å². The van der Waals surface area contributed by atoms with Crippen LogP contribution >= 0.6 is 11.3 Å². The Morgan fingerprint density at radius 3 is 2.58 bits per heavy atom. The summed E-state index contributed by atoms with van der Waals surface area (Å²) >= 11 is 0.964. The third-order valence-corrected chi connectivity index (χ3v) is 9.10. The van der Waals surface area contributed by atoms with E-state index in [-0.39, 0.29) is 45.6 Å². The van der Waals surface area contributed by atoms with Gasteiger partial charge in [-0.3, -0.25) is 29.9 Å². The van der Waals surface area contributed by atoms with E-state index >= 15 is 0 Å². The summed E-state index contributed by atoms with van der Waals surface area (Å²) in [5, 5.41) is 19.6. The van der Waals surface area contributed by atoms with Crippen LogP contribution in [-0.2, 0) is 30.9 Å². The Bertz CT molecular complexity index is 1940. The quantitative estimate of drug-likeness (QED) is 0.0676.